The topological polar surface area (TPSA) is 41.6 Å². The molecule has 0 saturated carbocycles. The number of nitrogens with zero attached hydrogens (tertiary/aromatic N) is 1. The summed E-state index contributed by atoms with van der Waals surface area (Å²) in [5, 5.41) is 2.63. The number of carbonyl (C=O) groups is 1. The van der Waals surface area contributed by atoms with Crippen molar-refractivity contribution >= 4 is 17.8 Å². The molecule has 0 atom stereocenters. The number of hydrogen-bond acceptors (Lipinski definition) is 3. The number of ether oxygens (including phenoxy) is 1. The van der Waals surface area contributed by atoms with E-state index < -0.39 is 0 Å². The van der Waals surface area contributed by atoms with Crippen molar-refractivity contribution in [3.8, 4) is 5.75 Å². The summed E-state index contributed by atoms with van der Waals surface area (Å²) in [5.41, 5.74) is 1.88. The first-order chi connectivity index (χ1) is 8.35. The van der Waals surface area contributed by atoms with Crippen molar-refractivity contribution in [2.45, 2.75) is 19.3 Å². The molecule has 92 valence electrons. The molecule has 1 aromatic carbocycles. The SMILES string of the molecule is COc1cc(NC=O)ccc1N1CCCCC1. The fourth-order valence-electron chi connectivity index (χ4n) is 2.23. The van der Waals surface area contributed by atoms with Crippen LogP contribution in [0.15, 0.2) is 18.2 Å². The zero-order valence-electron chi connectivity index (χ0n) is 10.1. The number of rotatable bonds is 4. The lowest BCUT2D eigenvalue weighted by Crippen LogP contribution is -2.29. The van der Waals surface area contributed by atoms with Gasteiger partial charge in [-0.05, 0) is 31.4 Å². The molecule has 1 heterocycles. The molecule has 0 bridgehead atoms. The van der Waals surface area contributed by atoms with E-state index in [-0.39, 0.29) is 0 Å². The summed E-state index contributed by atoms with van der Waals surface area (Å²) in [7, 11) is 1.66. The Morgan fingerprint density at radius 1 is 1.29 bits per heavy atom. The molecular formula is C13H18N2O2. The summed E-state index contributed by atoms with van der Waals surface area (Å²) in [5.74, 6) is 0.818. The number of nitrogens with one attached hydrogen (secondary N) is 1. The number of amides is 1. The number of benzene rings is 1. The van der Waals surface area contributed by atoms with Gasteiger partial charge in [0.25, 0.3) is 0 Å². The summed E-state index contributed by atoms with van der Waals surface area (Å²) in [6, 6.07) is 5.77. The van der Waals surface area contributed by atoms with Gasteiger partial charge >= 0.3 is 0 Å². The van der Waals surface area contributed by atoms with Crippen molar-refractivity contribution in [3.05, 3.63) is 18.2 Å². The molecule has 4 nitrogen and oxygen atoms in total. The predicted octanol–water partition coefficient (Wildman–Crippen LogP) is 2.25. The van der Waals surface area contributed by atoms with E-state index in [0.29, 0.717) is 6.41 Å². The highest BCUT2D eigenvalue weighted by molar-refractivity contribution is 5.75. The van der Waals surface area contributed by atoms with Crippen LogP contribution in [-0.4, -0.2) is 26.6 Å². The molecule has 1 aliphatic rings. The largest absolute Gasteiger partial charge is 0.495 e. The van der Waals surface area contributed by atoms with Crippen molar-refractivity contribution in [3.63, 3.8) is 0 Å². The Morgan fingerprint density at radius 2 is 2.06 bits per heavy atom. The van der Waals surface area contributed by atoms with E-state index in [9.17, 15) is 4.79 Å². The van der Waals surface area contributed by atoms with Crippen molar-refractivity contribution < 1.29 is 9.53 Å². The lowest BCUT2D eigenvalue weighted by molar-refractivity contribution is -0.105. The molecule has 1 saturated heterocycles. The highest BCUT2D eigenvalue weighted by atomic mass is 16.5. The summed E-state index contributed by atoms with van der Waals surface area (Å²) >= 11 is 0. The van der Waals surface area contributed by atoms with Crippen molar-refractivity contribution in [1.82, 2.24) is 0 Å². The van der Waals surface area contributed by atoms with Gasteiger partial charge in [0, 0.05) is 24.8 Å². The third kappa shape index (κ3) is 2.70. The highest BCUT2D eigenvalue weighted by Crippen LogP contribution is 2.32. The Hall–Kier alpha value is -1.71. The van der Waals surface area contributed by atoms with Gasteiger partial charge in [0.15, 0.2) is 0 Å². The number of anilines is 2. The molecule has 1 amide bonds. The van der Waals surface area contributed by atoms with E-state index in [1.165, 1.54) is 19.3 Å². The summed E-state index contributed by atoms with van der Waals surface area (Å²) in [6.45, 7) is 2.16. The van der Waals surface area contributed by atoms with Gasteiger partial charge in [-0.15, -0.1) is 0 Å². The third-order valence-corrected chi connectivity index (χ3v) is 3.10. The van der Waals surface area contributed by atoms with Crippen LogP contribution in [0.4, 0.5) is 11.4 Å². The Morgan fingerprint density at radius 3 is 2.71 bits per heavy atom. The van der Waals surface area contributed by atoms with E-state index in [1.54, 1.807) is 7.11 Å². The molecule has 0 radical (unpaired) electrons. The first-order valence-electron chi connectivity index (χ1n) is 5.98. The summed E-state index contributed by atoms with van der Waals surface area (Å²) in [6.07, 6.45) is 4.45. The van der Waals surface area contributed by atoms with Crippen LogP contribution in [0, 0.1) is 0 Å². The van der Waals surface area contributed by atoms with Crippen molar-refractivity contribution in [1.29, 1.82) is 0 Å². The number of piperidine rings is 1. The second-order valence-corrected chi connectivity index (χ2v) is 4.20. The fraction of sp³-hybridized carbons (Fsp3) is 0.462. The molecule has 0 aliphatic carbocycles. The monoisotopic (exact) mass is 234 g/mol. The van der Waals surface area contributed by atoms with E-state index in [1.807, 2.05) is 18.2 Å². The maximum atomic E-state index is 10.4. The van der Waals surface area contributed by atoms with Crippen LogP contribution < -0.4 is 15.0 Å². The van der Waals surface area contributed by atoms with Gasteiger partial charge in [0.05, 0.1) is 12.8 Å². The smallest absolute Gasteiger partial charge is 0.211 e. The molecule has 1 fully saturated rings. The minimum atomic E-state index is 0.676. The van der Waals surface area contributed by atoms with Gasteiger partial charge in [-0.1, -0.05) is 0 Å². The highest BCUT2D eigenvalue weighted by Gasteiger charge is 2.15. The number of carbonyl (C=O) groups excluding carboxylic acids is 1. The normalized spacial score (nSPS) is 15.5. The van der Waals surface area contributed by atoms with Gasteiger partial charge < -0.3 is 15.0 Å². The zero-order chi connectivity index (χ0) is 12.1. The second-order valence-electron chi connectivity index (χ2n) is 4.20. The third-order valence-electron chi connectivity index (χ3n) is 3.10. The van der Waals surface area contributed by atoms with E-state index in [0.717, 1.165) is 30.2 Å². The van der Waals surface area contributed by atoms with Crippen LogP contribution in [0.25, 0.3) is 0 Å². The quantitative estimate of drug-likeness (QED) is 0.812. The minimum absolute atomic E-state index is 0.676. The number of methoxy groups -OCH3 is 1. The van der Waals surface area contributed by atoms with Crippen LogP contribution in [0.1, 0.15) is 19.3 Å². The molecule has 2 rings (SSSR count). The Labute approximate surface area is 102 Å². The molecule has 1 N–H and O–H groups in total. The second kappa shape index (κ2) is 5.57. The van der Waals surface area contributed by atoms with Gasteiger partial charge in [-0.3, -0.25) is 4.79 Å². The molecular weight excluding hydrogens is 216 g/mol. The van der Waals surface area contributed by atoms with Crippen molar-refractivity contribution in [2.24, 2.45) is 0 Å². The Bertz CT molecular complexity index is 387. The first kappa shape index (κ1) is 11.8. The average molecular weight is 234 g/mol. The maximum Gasteiger partial charge on any atom is 0.211 e. The van der Waals surface area contributed by atoms with Crippen LogP contribution >= 0.6 is 0 Å². The molecule has 1 aliphatic heterocycles. The zero-order valence-corrected chi connectivity index (χ0v) is 10.1. The molecule has 1 aromatic rings. The fourth-order valence-corrected chi connectivity index (χ4v) is 2.23. The molecule has 0 aromatic heterocycles. The van der Waals surface area contributed by atoms with Crippen LogP contribution in [0.2, 0.25) is 0 Å². The van der Waals surface area contributed by atoms with Crippen LogP contribution in [0.3, 0.4) is 0 Å². The average Bonchev–Trinajstić information content (AvgIpc) is 2.40. The summed E-state index contributed by atoms with van der Waals surface area (Å²) in [4.78, 5) is 12.7. The van der Waals surface area contributed by atoms with Crippen LogP contribution in [0.5, 0.6) is 5.75 Å². The molecule has 17 heavy (non-hydrogen) atoms. The minimum Gasteiger partial charge on any atom is -0.495 e. The molecule has 4 heteroatoms. The Kier molecular flexibility index (Phi) is 3.85. The van der Waals surface area contributed by atoms with Gasteiger partial charge in [0.2, 0.25) is 6.41 Å². The lowest BCUT2D eigenvalue weighted by Gasteiger charge is -2.30. The lowest BCUT2D eigenvalue weighted by atomic mass is 10.1. The Balaban J connectivity index is 2.23. The number of hydrogen-bond donors (Lipinski definition) is 1. The van der Waals surface area contributed by atoms with E-state index in [2.05, 4.69) is 10.2 Å². The maximum absolute atomic E-state index is 10.4. The van der Waals surface area contributed by atoms with Crippen LogP contribution in [-0.2, 0) is 4.79 Å². The standard InChI is InChI=1S/C13H18N2O2/c1-17-13-9-11(14-10-16)5-6-12(13)15-7-3-2-4-8-15/h5-6,9-10H,2-4,7-8H2,1H3,(H,14,16). The van der Waals surface area contributed by atoms with Gasteiger partial charge in [-0.2, -0.15) is 0 Å². The van der Waals surface area contributed by atoms with Gasteiger partial charge in [0.1, 0.15) is 5.75 Å². The van der Waals surface area contributed by atoms with Gasteiger partial charge in [-0.25, -0.2) is 0 Å². The molecule has 0 spiro atoms. The van der Waals surface area contributed by atoms with E-state index in [4.69, 9.17) is 4.74 Å². The predicted molar refractivity (Wildman–Crippen MR) is 68.7 cm³/mol. The van der Waals surface area contributed by atoms with E-state index >= 15 is 0 Å². The van der Waals surface area contributed by atoms with Crippen molar-refractivity contribution in [2.75, 3.05) is 30.4 Å². The summed E-state index contributed by atoms with van der Waals surface area (Å²) < 4.78 is 5.39. The molecule has 0 unspecified atom stereocenters. The first-order valence-corrected chi connectivity index (χ1v) is 5.98.